The van der Waals surface area contributed by atoms with Crippen molar-refractivity contribution in [2.24, 2.45) is 0 Å². The van der Waals surface area contributed by atoms with Crippen LogP contribution in [-0.2, 0) is 10.9 Å². The summed E-state index contributed by atoms with van der Waals surface area (Å²) in [5.74, 6) is 0. The zero-order valence-electron chi connectivity index (χ0n) is 12.8. The summed E-state index contributed by atoms with van der Waals surface area (Å²) in [6, 6.07) is 11.9. The van der Waals surface area contributed by atoms with Gasteiger partial charge in [0.25, 0.3) is 0 Å². The molecule has 25 heavy (non-hydrogen) atoms. The van der Waals surface area contributed by atoms with E-state index in [0.717, 1.165) is 16.2 Å². The van der Waals surface area contributed by atoms with Crippen LogP contribution in [0.15, 0.2) is 54.9 Å². The molecule has 4 rings (SSSR count). The van der Waals surface area contributed by atoms with E-state index in [-0.39, 0.29) is 18.3 Å². The molecule has 3 aromatic rings. The first kappa shape index (κ1) is 15.5. The molecule has 0 N–H and O–H groups in total. The van der Waals surface area contributed by atoms with Crippen molar-refractivity contribution in [3.8, 4) is 0 Å². The SMILES string of the molecule is O=C1OCC(c2ccccc2)N1c1ccn2c(C(F)(F)F)cnc2c1. The lowest BCUT2D eigenvalue weighted by Gasteiger charge is -2.22. The maximum absolute atomic E-state index is 13.0. The third-order valence-corrected chi connectivity index (χ3v) is 4.12. The highest BCUT2D eigenvalue weighted by molar-refractivity contribution is 5.91. The van der Waals surface area contributed by atoms with Crippen molar-refractivity contribution >= 4 is 17.4 Å². The summed E-state index contributed by atoms with van der Waals surface area (Å²) in [5.41, 5.74) is 0.560. The molecule has 1 unspecified atom stereocenters. The molecule has 128 valence electrons. The van der Waals surface area contributed by atoms with Crippen molar-refractivity contribution in [1.82, 2.24) is 9.38 Å². The summed E-state index contributed by atoms with van der Waals surface area (Å²) in [5, 5.41) is 0. The molecule has 3 heterocycles. The predicted octanol–water partition coefficient (Wildman–Crippen LogP) is 4.05. The minimum absolute atomic E-state index is 0.108. The van der Waals surface area contributed by atoms with E-state index >= 15 is 0 Å². The van der Waals surface area contributed by atoms with Gasteiger partial charge in [-0.05, 0) is 11.6 Å². The Balaban J connectivity index is 1.76. The van der Waals surface area contributed by atoms with Crippen molar-refractivity contribution in [3.63, 3.8) is 0 Å². The maximum Gasteiger partial charge on any atom is 0.433 e. The van der Waals surface area contributed by atoms with Gasteiger partial charge in [0.2, 0.25) is 0 Å². The number of anilines is 1. The molecular weight excluding hydrogens is 335 g/mol. The first-order valence-electron chi connectivity index (χ1n) is 7.50. The number of hydrogen-bond donors (Lipinski definition) is 0. The van der Waals surface area contributed by atoms with Crippen molar-refractivity contribution in [3.05, 3.63) is 66.1 Å². The van der Waals surface area contributed by atoms with Gasteiger partial charge in [0.05, 0.1) is 17.9 Å². The number of benzene rings is 1. The van der Waals surface area contributed by atoms with Gasteiger partial charge in [0.15, 0.2) is 0 Å². The first-order valence-corrected chi connectivity index (χ1v) is 7.50. The van der Waals surface area contributed by atoms with Crippen molar-refractivity contribution in [2.45, 2.75) is 12.2 Å². The highest BCUT2D eigenvalue weighted by Crippen LogP contribution is 2.35. The molecule has 0 aliphatic carbocycles. The molecule has 1 fully saturated rings. The molecule has 0 radical (unpaired) electrons. The molecule has 1 aliphatic heterocycles. The van der Waals surface area contributed by atoms with E-state index in [1.165, 1.54) is 23.2 Å². The fourth-order valence-corrected chi connectivity index (χ4v) is 2.96. The van der Waals surface area contributed by atoms with Crippen LogP contribution in [0.4, 0.5) is 23.7 Å². The van der Waals surface area contributed by atoms with Crippen molar-refractivity contribution < 1.29 is 22.7 Å². The number of imidazole rings is 1. The van der Waals surface area contributed by atoms with Gasteiger partial charge in [-0.1, -0.05) is 30.3 Å². The van der Waals surface area contributed by atoms with Crippen LogP contribution in [0.1, 0.15) is 17.3 Å². The Bertz CT molecular complexity index is 937. The number of ether oxygens (including phenoxy) is 1. The van der Waals surface area contributed by atoms with Crippen LogP contribution >= 0.6 is 0 Å². The van der Waals surface area contributed by atoms with E-state index < -0.39 is 18.0 Å². The fourth-order valence-electron chi connectivity index (χ4n) is 2.96. The number of nitrogens with zero attached hydrogens (tertiary/aromatic N) is 3. The van der Waals surface area contributed by atoms with E-state index in [2.05, 4.69) is 4.98 Å². The fraction of sp³-hybridized carbons (Fsp3) is 0.176. The number of carbonyl (C=O) groups is 1. The Morgan fingerprint density at radius 3 is 2.64 bits per heavy atom. The highest BCUT2D eigenvalue weighted by Gasteiger charge is 2.37. The van der Waals surface area contributed by atoms with Crippen LogP contribution in [0.3, 0.4) is 0 Å². The largest absolute Gasteiger partial charge is 0.447 e. The maximum atomic E-state index is 13.0. The molecule has 0 bridgehead atoms. The lowest BCUT2D eigenvalue weighted by Crippen LogP contribution is -2.27. The normalized spacial score (nSPS) is 18.0. The van der Waals surface area contributed by atoms with Gasteiger partial charge in [-0.3, -0.25) is 9.30 Å². The zero-order chi connectivity index (χ0) is 17.6. The second-order valence-electron chi connectivity index (χ2n) is 5.63. The van der Waals surface area contributed by atoms with E-state index in [4.69, 9.17) is 4.74 Å². The lowest BCUT2D eigenvalue weighted by molar-refractivity contribution is -0.141. The van der Waals surface area contributed by atoms with Crippen LogP contribution in [0.2, 0.25) is 0 Å². The first-order chi connectivity index (χ1) is 11.9. The Morgan fingerprint density at radius 2 is 1.92 bits per heavy atom. The molecule has 1 atom stereocenters. The molecule has 1 aromatic carbocycles. The standard InChI is InChI=1S/C17H12F3N3O2/c18-17(19,20)14-9-21-15-8-12(6-7-22(14)15)23-13(10-25-16(23)24)11-4-2-1-3-5-11/h1-9,13H,10H2. The second kappa shape index (κ2) is 5.51. The summed E-state index contributed by atoms with van der Waals surface area (Å²) in [7, 11) is 0. The monoisotopic (exact) mass is 347 g/mol. The van der Waals surface area contributed by atoms with E-state index in [0.29, 0.717) is 5.69 Å². The summed E-state index contributed by atoms with van der Waals surface area (Å²) in [4.78, 5) is 17.4. The summed E-state index contributed by atoms with van der Waals surface area (Å²) >= 11 is 0. The van der Waals surface area contributed by atoms with Crippen molar-refractivity contribution in [1.29, 1.82) is 0 Å². The van der Waals surface area contributed by atoms with Gasteiger partial charge in [0.1, 0.15) is 17.9 Å². The number of hydrogen-bond acceptors (Lipinski definition) is 3. The summed E-state index contributed by atoms with van der Waals surface area (Å²) < 4.78 is 44.9. The highest BCUT2D eigenvalue weighted by atomic mass is 19.4. The number of rotatable bonds is 2. The van der Waals surface area contributed by atoms with Gasteiger partial charge in [-0.15, -0.1) is 0 Å². The number of carbonyl (C=O) groups excluding carboxylic acids is 1. The Labute approximate surface area is 140 Å². The van der Waals surface area contributed by atoms with E-state index in [1.807, 2.05) is 30.3 Å². The average molecular weight is 347 g/mol. The number of aromatic nitrogens is 2. The van der Waals surface area contributed by atoms with Crippen LogP contribution < -0.4 is 4.90 Å². The van der Waals surface area contributed by atoms with Crippen LogP contribution in [0, 0.1) is 0 Å². The van der Waals surface area contributed by atoms with E-state index in [9.17, 15) is 18.0 Å². The Morgan fingerprint density at radius 1 is 1.16 bits per heavy atom. The van der Waals surface area contributed by atoms with Crippen LogP contribution in [0.5, 0.6) is 0 Å². The molecule has 1 amide bonds. The number of halogens is 3. The lowest BCUT2D eigenvalue weighted by atomic mass is 10.1. The smallest absolute Gasteiger partial charge is 0.433 e. The topological polar surface area (TPSA) is 46.8 Å². The number of pyridine rings is 1. The molecule has 5 nitrogen and oxygen atoms in total. The number of cyclic esters (lactones) is 1. The minimum atomic E-state index is -4.50. The van der Waals surface area contributed by atoms with Crippen LogP contribution in [-0.4, -0.2) is 22.1 Å². The molecular formula is C17H12F3N3O2. The third-order valence-electron chi connectivity index (χ3n) is 4.12. The van der Waals surface area contributed by atoms with Gasteiger partial charge in [-0.2, -0.15) is 13.2 Å². The Hall–Kier alpha value is -3.03. The third kappa shape index (κ3) is 2.59. The number of amides is 1. The molecule has 1 aliphatic rings. The average Bonchev–Trinajstić information content (AvgIpc) is 3.18. The van der Waals surface area contributed by atoms with Crippen molar-refractivity contribution in [2.75, 3.05) is 11.5 Å². The molecule has 2 aromatic heterocycles. The number of alkyl halides is 3. The predicted molar refractivity (Wildman–Crippen MR) is 83.2 cm³/mol. The quantitative estimate of drug-likeness (QED) is 0.703. The zero-order valence-corrected chi connectivity index (χ0v) is 12.8. The summed E-state index contributed by atoms with van der Waals surface area (Å²) in [6.07, 6.45) is -3.01. The second-order valence-corrected chi connectivity index (χ2v) is 5.63. The van der Waals surface area contributed by atoms with Crippen LogP contribution in [0.25, 0.3) is 5.65 Å². The minimum Gasteiger partial charge on any atom is -0.447 e. The molecule has 0 saturated carbocycles. The summed E-state index contributed by atoms with van der Waals surface area (Å²) in [6.45, 7) is 0.177. The number of fused-ring (bicyclic) bond motifs is 1. The molecule has 8 heteroatoms. The van der Waals surface area contributed by atoms with Gasteiger partial charge in [-0.25, -0.2) is 9.78 Å². The molecule has 1 saturated heterocycles. The molecule has 0 spiro atoms. The van der Waals surface area contributed by atoms with Gasteiger partial charge in [0, 0.05) is 12.3 Å². The van der Waals surface area contributed by atoms with Gasteiger partial charge >= 0.3 is 12.3 Å². The van der Waals surface area contributed by atoms with Gasteiger partial charge < -0.3 is 4.74 Å². The Kier molecular flexibility index (Phi) is 3.41. The van der Waals surface area contributed by atoms with E-state index in [1.54, 1.807) is 0 Å².